The van der Waals surface area contributed by atoms with Gasteiger partial charge in [0, 0.05) is 41.2 Å². The zero-order chi connectivity index (χ0) is 20.5. The van der Waals surface area contributed by atoms with E-state index in [4.69, 9.17) is 4.99 Å². The van der Waals surface area contributed by atoms with Gasteiger partial charge < -0.3 is 20.4 Å². The molecule has 1 unspecified atom stereocenters. The summed E-state index contributed by atoms with van der Waals surface area (Å²) in [6.45, 7) is 10.2. The van der Waals surface area contributed by atoms with Crippen molar-refractivity contribution in [3.8, 4) is 5.75 Å². The van der Waals surface area contributed by atoms with Crippen molar-refractivity contribution in [2.75, 3.05) is 23.7 Å². The first-order chi connectivity index (χ1) is 13.2. The maximum Gasteiger partial charge on any atom is 0.326 e. The van der Waals surface area contributed by atoms with Gasteiger partial charge in [-0.2, -0.15) is 0 Å². The van der Waals surface area contributed by atoms with Crippen molar-refractivity contribution in [3.63, 3.8) is 0 Å². The number of carboxylic acids is 1. The summed E-state index contributed by atoms with van der Waals surface area (Å²) in [6, 6.07) is 5.05. The van der Waals surface area contributed by atoms with Crippen molar-refractivity contribution in [1.82, 2.24) is 5.32 Å². The van der Waals surface area contributed by atoms with E-state index >= 15 is 0 Å². The quantitative estimate of drug-likeness (QED) is 0.685. The number of aromatic hydroxyl groups is 1. The fraction of sp³-hybridized carbons (Fsp3) is 0.524. The third-order valence-corrected chi connectivity index (χ3v) is 6.49. The van der Waals surface area contributed by atoms with Crippen LogP contribution in [0.4, 0.5) is 11.4 Å². The Morgan fingerprint density at radius 2 is 2.04 bits per heavy atom. The molecule has 2 aliphatic rings. The van der Waals surface area contributed by atoms with Crippen LogP contribution in [0.15, 0.2) is 33.8 Å². The lowest BCUT2D eigenvalue weighted by Crippen LogP contribution is -2.44. The van der Waals surface area contributed by atoms with Crippen LogP contribution in [0.25, 0.3) is 0 Å². The standard InChI is InChI=1S/C21H29N3O3S/c1-5-24(6-2)13-7-8-14(18(25)9-13)22-15-10-21(3,4)11-16-19(15)28-12-17(23-16)20(26)27/h7-9,17,23,25H,5-6,10-12H2,1-4H3,(H,26,27)/b22-15+. The van der Waals surface area contributed by atoms with Gasteiger partial charge in [0.05, 0.1) is 5.71 Å². The lowest BCUT2D eigenvalue weighted by Gasteiger charge is -2.38. The minimum absolute atomic E-state index is 0.0254. The van der Waals surface area contributed by atoms with Crippen LogP contribution in [0.5, 0.6) is 5.75 Å². The van der Waals surface area contributed by atoms with Gasteiger partial charge in [-0.15, -0.1) is 11.8 Å². The second kappa shape index (κ2) is 8.07. The molecule has 0 fully saturated rings. The van der Waals surface area contributed by atoms with Crippen LogP contribution >= 0.6 is 11.8 Å². The largest absolute Gasteiger partial charge is 0.506 e. The predicted octanol–water partition coefficient (Wildman–Crippen LogP) is 4.13. The molecule has 0 radical (unpaired) electrons. The number of carboxylic acid groups (broad SMARTS) is 1. The number of benzene rings is 1. The second-order valence-electron chi connectivity index (χ2n) is 8.08. The maximum absolute atomic E-state index is 11.4. The van der Waals surface area contributed by atoms with E-state index in [1.165, 1.54) is 0 Å². The smallest absolute Gasteiger partial charge is 0.326 e. The molecule has 0 saturated heterocycles. The van der Waals surface area contributed by atoms with Crippen LogP contribution < -0.4 is 10.2 Å². The van der Waals surface area contributed by atoms with Crippen molar-refractivity contribution in [2.24, 2.45) is 10.4 Å². The molecular formula is C21H29N3O3S. The van der Waals surface area contributed by atoms with E-state index in [1.807, 2.05) is 12.1 Å². The summed E-state index contributed by atoms with van der Waals surface area (Å²) in [7, 11) is 0. The summed E-state index contributed by atoms with van der Waals surface area (Å²) in [5, 5.41) is 23.1. The van der Waals surface area contributed by atoms with Crippen molar-refractivity contribution < 1.29 is 15.0 Å². The highest BCUT2D eigenvalue weighted by molar-refractivity contribution is 8.04. The first-order valence-electron chi connectivity index (χ1n) is 9.75. The van der Waals surface area contributed by atoms with Gasteiger partial charge in [-0.3, -0.25) is 0 Å². The number of phenols is 1. The normalized spacial score (nSPS) is 22.6. The molecule has 1 atom stereocenters. The predicted molar refractivity (Wildman–Crippen MR) is 116 cm³/mol. The van der Waals surface area contributed by atoms with E-state index in [0.29, 0.717) is 11.4 Å². The third-order valence-electron chi connectivity index (χ3n) is 5.22. The van der Waals surface area contributed by atoms with Crippen molar-refractivity contribution >= 4 is 34.8 Å². The van der Waals surface area contributed by atoms with Crippen molar-refractivity contribution in [2.45, 2.75) is 46.6 Å². The monoisotopic (exact) mass is 403 g/mol. The van der Waals surface area contributed by atoms with E-state index in [0.717, 1.165) is 47.9 Å². The number of thioether (sulfide) groups is 1. The molecule has 3 rings (SSSR count). The number of rotatable bonds is 5. The molecule has 1 aliphatic heterocycles. The molecule has 0 amide bonds. The first-order valence-corrected chi connectivity index (χ1v) is 10.7. The second-order valence-corrected chi connectivity index (χ2v) is 9.11. The molecule has 1 aliphatic carbocycles. The number of nitrogens with one attached hydrogen (secondary N) is 1. The Labute approximate surface area is 170 Å². The summed E-state index contributed by atoms with van der Waals surface area (Å²) in [4.78, 5) is 19.4. The number of aliphatic carboxylic acids is 1. The summed E-state index contributed by atoms with van der Waals surface area (Å²) < 4.78 is 0. The zero-order valence-electron chi connectivity index (χ0n) is 17.0. The van der Waals surface area contributed by atoms with Crippen LogP contribution in [0.1, 0.15) is 40.5 Å². The number of allylic oxidation sites excluding steroid dienone is 2. The van der Waals surface area contributed by atoms with Gasteiger partial charge in [-0.05, 0) is 44.2 Å². The van der Waals surface area contributed by atoms with Gasteiger partial charge in [-0.1, -0.05) is 13.8 Å². The molecule has 1 heterocycles. The lowest BCUT2D eigenvalue weighted by molar-refractivity contribution is -0.138. The molecule has 3 N–H and O–H groups in total. The van der Waals surface area contributed by atoms with Crippen LogP contribution in [-0.4, -0.2) is 46.8 Å². The Morgan fingerprint density at radius 1 is 1.32 bits per heavy atom. The fourth-order valence-electron chi connectivity index (χ4n) is 3.80. The third kappa shape index (κ3) is 4.29. The van der Waals surface area contributed by atoms with Gasteiger partial charge in [0.1, 0.15) is 17.5 Å². The van der Waals surface area contributed by atoms with E-state index in [-0.39, 0.29) is 11.2 Å². The fourth-order valence-corrected chi connectivity index (χ4v) is 4.94. The highest BCUT2D eigenvalue weighted by Gasteiger charge is 2.37. The van der Waals surface area contributed by atoms with E-state index in [9.17, 15) is 15.0 Å². The van der Waals surface area contributed by atoms with E-state index in [2.05, 4.69) is 37.9 Å². The average molecular weight is 404 g/mol. The molecule has 1 aromatic carbocycles. The van der Waals surface area contributed by atoms with E-state index < -0.39 is 12.0 Å². The molecule has 152 valence electrons. The van der Waals surface area contributed by atoms with Crippen LogP contribution in [0.3, 0.4) is 0 Å². The summed E-state index contributed by atoms with van der Waals surface area (Å²) in [5.74, 6) is -0.189. The average Bonchev–Trinajstić information content (AvgIpc) is 2.63. The molecule has 0 saturated carbocycles. The minimum Gasteiger partial charge on any atom is -0.506 e. The SMILES string of the molecule is CCN(CC)c1ccc(/N=C2\CC(C)(C)CC3=C2SCC(C(=O)O)N3)c(O)c1. The Balaban J connectivity index is 1.96. The molecule has 1 aromatic rings. The van der Waals surface area contributed by atoms with Gasteiger partial charge in [0.15, 0.2) is 0 Å². The van der Waals surface area contributed by atoms with Crippen molar-refractivity contribution in [1.29, 1.82) is 0 Å². The molecule has 28 heavy (non-hydrogen) atoms. The topological polar surface area (TPSA) is 85.2 Å². The Kier molecular flexibility index (Phi) is 5.93. The van der Waals surface area contributed by atoms with Gasteiger partial charge in [0.25, 0.3) is 0 Å². The number of aliphatic imine (C=N–C) groups is 1. The Bertz CT molecular complexity index is 828. The van der Waals surface area contributed by atoms with Gasteiger partial charge >= 0.3 is 5.97 Å². The summed E-state index contributed by atoms with van der Waals surface area (Å²) >= 11 is 1.55. The Morgan fingerprint density at radius 3 is 2.64 bits per heavy atom. The molecule has 0 bridgehead atoms. The van der Waals surface area contributed by atoms with Crippen molar-refractivity contribution in [3.05, 3.63) is 28.8 Å². The van der Waals surface area contributed by atoms with Crippen LogP contribution in [0.2, 0.25) is 0 Å². The molecule has 6 nitrogen and oxygen atoms in total. The first kappa shape index (κ1) is 20.6. The van der Waals surface area contributed by atoms with Gasteiger partial charge in [0.2, 0.25) is 0 Å². The Hall–Kier alpha value is -2.15. The number of hydrogen-bond acceptors (Lipinski definition) is 6. The maximum atomic E-state index is 11.4. The molecular weight excluding hydrogens is 374 g/mol. The highest BCUT2D eigenvalue weighted by atomic mass is 32.2. The van der Waals surface area contributed by atoms with Crippen LogP contribution in [0, 0.1) is 5.41 Å². The van der Waals surface area contributed by atoms with Gasteiger partial charge in [-0.25, -0.2) is 9.79 Å². The molecule has 7 heteroatoms. The van der Waals surface area contributed by atoms with E-state index in [1.54, 1.807) is 17.8 Å². The van der Waals surface area contributed by atoms with Crippen LogP contribution in [-0.2, 0) is 4.79 Å². The summed E-state index contributed by atoms with van der Waals surface area (Å²) in [5.41, 5.74) is 3.38. The number of nitrogens with zero attached hydrogens (tertiary/aromatic N) is 2. The molecule has 0 aromatic heterocycles. The summed E-state index contributed by atoms with van der Waals surface area (Å²) in [6.07, 6.45) is 1.58. The number of carbonyl (C=O) groups is 1. The minimum atomic E-state index is -0.828. The zero-order valence-corrected chi connectivity index (χ0v) is 17.8. The number of phenolic OH excluding ortho intramolecular Hbond substituents is 1. The highest BCUT2D eigenvalue weighted by Crippen LogP contribution is 2.44. The number of anilines is 1. The lowest BCUT2D eigenvalue weighted by atomic mass is 9.78. The number of hydrogen-bond donors (Lipinski definition) is 3. The molecule has 0 spiro atoms.